The van der Waals surface area contributed by atoms with Crippen molar-refractivity contribution in [2.75, 3.05) is 0 Å². The van der Waals surface area contributed by atoms with Gasteiger partial charge in [-0.3, -0.25) is 10.1 Å². The van der Waals surface area contributed by atoms with Crippen molar-refractivity contribution in [2.45, 2.75) is 0 Å². The van der Waals surface area contributed by atoms with E-state index in [0.29, 0.717) is 0 Å². The van der Waals surface area contributed by atoms with Crippen molar-refractivity contribution in [3.8, 4) is 0 Å². The quantitative estimate of drug-likeness (QED) is 0.0896. The summed E-state index contributed by atoms with van der Waals surface area (Å²) in [6.07, 6.45) is 0. The molecule has 0 aliphatic heterocycles. The van der Waals surface area contributed by atoms with Crippen LogP contribution >= 0.6 is 36.3 Å². The highest BCUT2D eigenvalue weighted by Gasteiger charge is 2.01. The van der Waals surface area contributed by atoms with E-state index >= 15 is 0 Å². The number of hydrogen-bond acceptors (Lipinski definition) is 5. The Morgan fingerprint density at radius 1 is 0.684 bits per heavy atom. The summed E-state index contributed by atoms with van der Waals surface area (Å²) in [6, 6.07) is 0. The molecule has 0 fully saturated rings. The second-order valence-corrected chi connectivity index (χ2v) is 5.18. The number of hydrogen-bond donors (Lipinski definition) is 10. The van der Waals surface area contributed by atoms with Crippen molar-refractivity contribution in [1.82, 2.24) is 0 Å². The Morgan fingerprint density at radius 2 is 0.684 bits per heavy atom. The van der Waals surface area contributed by atoms with E-state index in [1.807, 2.05) is 0 Å². The van der Waals surface area contributed by atoms with Crippen molar-refractivity contribution in [3.63, 3.8) is 0 Å². The lowest BCUT2D eigenvalue weighted by Crippen LogP contribution is -1.66. The molecular weight excluding hydrogens is 363 g/mol. The molecule has 0 heterocycles. The Kier molecular flexibility index (Phi) is 17.1. The average Bonchev–Trinajstić information content (AvgIpc) is 1.66. The van der Waals surface area contributed by atoms with E-state index < -0.39 is 27.8 Å². The van der Waals surface area contributed by atoms with Crippen LogP contribution in [-0.4, -0.2) is 48.4 Å². The molecule has 0 aromatic carbocycles. The number of rotatable bonds is 0. The third kappa shape index (κ3) is 730000. The van der Waals surface area contributed by atoms with Crippen LogP contribution in [0.3, 0.4) is 0 Å². The minimum absolute atomic E-state index is 0.806. The molecule has 0 spiro atoms. The summed E-state index contributed by atoms with van der Waals surface area (Å²) < 4.78 is 25.8. The Balaban J connectivity index is -0.0000000793. The van der Waals surface area contributed by atoms with E-state index in [-0.39, 0.29) is 0 Å². The Bertz CT molecular complexity index is 279. The normalized spacial score (nSPS) is 10.6. The van der Waals surface area contributed by atoms with Gasteiger partial charge in [0.1, 0.15) is 0 Å². The van der Waals surface area contributed by atoms with Crippen molar-refractivity contribution >= 4 is 36.3 Å². The van der Waals surface area contributed by atoms with Gasteiger partial charge in [-0.15, -0.1) is 0 Å². The van der Waals surface area contributed by atoms with Gasteiger partial charge in [-0.25, -0.2) is 13.7 Å². The molecule has 0 aromatic rings. The molecule has 0 aliphatic rings. The molecular formula is H10NO14P3S. The Hall–Kier alpha value is 0.0800. The van der Waals surface area contributed by atoms with E-state index in [0.717, 1.165) is 0 Å². The summed E-state index contributed by atoms with van der Waals surface area (Å²) >= 11 is 2.69. The number of nitrogens with zero attached hydrogens (tertiary/aromatic N) is 1. The molecule has 19 heteroatoms. The zero-order valence-electron chi connectivity index (χ0n) is 8.30. The predicted octanol–water partition coefficient (Wildman–Crippen LogP) is -2.68. The number of thiol groups is 1. The van der Waals surface area contributed by atoms with Gasteiger partial charge in [0.2, 0.25) is 12.8 Å². The van der Waals surface area contributed by atoms with Gasteiger partial charge in [-0.2, -0.15) is 0 Å². The minimum Gasteiger partial charge on any atom is -0.303 e. The maximum atomic E-state index is 8.88. The molecule has 0 atom stereocenters. The van der Waals surface area contributed by atoms with E-state index in [2.05, 4.69) is 12.8 Å². The van der Waals surface area contributed by atoms with Crippen molar-refractivity contribution in [2.24, 2.45) is 0 Å². The first-order valence-corrected chi connectivity index (χ1v) is 8.01. The summed E-state index contributed by atoms with van der Waals surface area (Å²) in [6.45, 7) is 0. The zero-order valence-corrected chi connectivity index (χ0v) is 11.9. The molecule has 0 unspecified atom stereocenters. The summed E-state index contributed by atoms with van der Waals surface area (Å²) in [5.41, 5.74) is 0. The summed E-state index contributed by atoms with van der Waals surface area (Å²) in [5, 5.41) is 8.67. The fraction of sp³-hybridized carbons (Fsp3) is 0. The van der Waals surface area contributed by atoms with E-state index in [1.54, 1.807) is 0 Å². The molecule has 0 radical (unpaired) electrons. The molecule has 0 saturated heterocycles. The Morgan fingerprint density at radius 3 is 0.684 bits per heavy atom. The molecule has 0 aromatic heterocycles. The van der Waals surface area contributed by atoms with Crippen LogP contribution < -0.4 is 0 Å². The first kappa shape index (κ1) is 27.4. The van der Waals surface area contributed by atoms with E-state index in [9.17, 15) is 0 Å². The van der Waals surface area contributed by atoms with Gasteiger partial charge in [0, 0.05) is 0 Å². The highest BCUT2D eigenvalue weighted by atomic mass is 32.1. The maximum Gasteiger partial charge on any atom is 0.466 e. The number of phosphoric acid groups is 3. The van der Waals surface area contributed by atoms with Crippen LogP contribution in [0.1, 0.15) is 0 Å². The molecule has 0 bridgehead atoms. The van der Waals surface area contributed by atoms with Gasteiger partial charge >= 0.3 is 23.5 Å². The zero-order chi connectivity index (χ0) is 17.1. The second kappa shape index (κ2) is 11.9. The first-order chi connectivity index (χ1) is 7.73. The molecule has 15 nitrogen and oxygen atoms in total. The summed E-state index contributed by atoms with van der Waals surface area (Å²) in [4.78, 5) is 73.4. The molecule has 0 amide bonds. The van der Waals surface area contributed by atoms with Gasteiger partial charge in [0.25, 0.3) is 0 Å². The lowest BCUT2D eigenvalue weighted by atomic mass is 13.4. The highest BCUT2D eigenvalue weighted by molar-refractivity contribution is 7.73. The van der Waals surface area contributed by atoms with Crippen molar-refractivity contribution in [1.29, 1.82) is 0 Å². The van der Waals surface area contributed by atoms with Crippen LogP contribution in [0.2, 0.25) is 0 Å². The van der Waals surface area contributed by atoms with Crippen molar-refractivity contribution in [3.05, 3.63) is 10.1 Å². The lowest BCUT2D eigenvalue weighted by molar-refractivity contribution is -0.278. The van der Waals surface area contributed by atoms with Crippen LogP contribution in [0.4, 0.5) is 0 Å². The van der Waals surface area contributed by atoms with Gasteiger partial charge in [-0.1, -0.05) is 0 Å². The molecule has 0 rings (SSSR count). The monoisotopic (exact) mass is 373 g/mol. The van der Waals surface area contributed by atoms with Crippen LogP contribution in [0.5, 0.6) is 0 Å². The third-order valence-corrected chi connectivity index (χ3v) is 0. The van der Waals surface area contributed by atoms with Gasteiger partial charge in [-0.05, 0) is 0 Å². The van der Waals surface area contributed by atoms with Crippen LogP contribution in [0.25, 0.3) is 0 Å². The maximum absolute atomic E-state index is 8.88. The minimum atomic E-state index is -4.64. The smallest absolute Gasteiger partial charge is 0.303 e. The first-order valence-electron chi connectivity index (χ1n) is 2.91. The molecule has 0 aliphatic carbocycles. The topological polar surface area (TPSA) is 276 Å². The molecule has 0 saturated carbocycles. The molecule has 19 heavy (non-hydrogen) atoms. The van der Waals surface area contributed by atoms with E-state index in [1.165, 1.54) is 0 Å². The fourth-order valence-corrected chi connectivity index (χ4v) is 0. The van der Waals surface area contributed by atoms with Gasteiger partial charge in [0.15, 0.2) is 0 Å². The van der Waals surface area contributed by atoms with Crippen LogP contribution in [-0.2, 0) is 13.7 Å². The van der Waals surface area contributed by atoms with Crippen LogP contribution in [0.15, 0.2) is 0 Å². The standard InChI is InChI=1S/HNO2S.3H3O4P/c2-1(3)4;3*1-5(2,3)4/h4H;3*(H3,1,2,3,4). The third-order valence-electron chi connectivity index (χ3n) is 0. The summed E-state index contributed by atoms with van der Waals surface area (Å²) in [7, 11) is -13.9. The predicted molar refractivity (Wildman–Crippen MR) is 58.8 cm³/mol. The van der Waals surface area contributed by atoms with Crippen LogP contribution in [0, 0.1) is 10.1 Å². The molecule has 120 valence electrons. The second-order valence-electron chi connectivity index (χ2n) is 1.78. The van der Waals surface area contributed by atoms with E-state index in [4.69, 9.17) is 67.9 Å². The van der Waals surface area contributed by atoms with Gasteiger partial charge < -0.3 is 44.0 Å². The SMILES string of the molecule is O=P(O)(O)O.O=P(O)(O)O.O=P(O)(O)O.O=[N+]([O-])S. The highest BCUT2D eigenvalue weighted by Crippen LogP contribution is 2.26. The fourth-order valence-electron chi connectivity index (χ4n) is 0. The number of nitro groups is 1. The molecule has 9 N–H and O–H groups in total. The summed E-state index contributed by atoms with van der Waals surface area (Å²) in [5.74, 6) is 0. The van der Waals surface area contributed by atoms with Crippen molar-refractivity contribution < 1.29 is 62.1 Å². The van der Waals surface area contributed by atoms with Gasteiger partial charge in [0.05, 0.1) is 4.33 Å². The largest absolute Gasteiger partial charge is 0.466 e. The average molecular weight is 373 g/mol. The Labute approximate surface area is 109 Å². The lowest BCUT2D eigenvalue weighted by Gasteiger charge is -1.82.